The summed E-state index contributed by atoms with van der Waals surface area (Å²) >= 11 is 1.95. The number of hydrogen-bond donors (Lipinski definition) is 0. The molecule has 0 amide bonds. The molecule has 0 fully saturated rings. The van der Waals surface area contributed by atoms with Crippen molar-refractivity contribution in [2.75, 3.05) is 0 Å². The van der Waals surface area contributed by atoms with Crippen molar-refractivity contribution < 1.29 is 21.5 Å². The number of benzene rings is 1. The Kier molecular flexibility index (Phi) is 2.39. The summed E-state index contributed by atoms with van der Waals surface area (Å²) in [5.41, 5.74) is 1.43. The summed E-state index contributed by atoms with van der Waals surface area (Å²) in [5, 5.41) is 1.55. The van der Waals surface area contributed by atoms with Gasteiger partial charge in [-0.15, -0.1) is 0 Å². The molecule has 1 aromatic heterocycles. The van der Waals surface area contributed by atoms with Crippen LogP contribution in [0.1, 0.15) is 11.4 Å². The highest BCUT2D eigenvalue weighted by molar-refractivity contribution is 7.18. The van der Waals surface area contributed by atoms with E-state index in [0.29, 0.717) is 0 Å². The molecule has 0 unspecified atom stereocenters. The molecule has 0 saturated heterocycles. The normalized spacial score (nSPS) is 14.2. The van der Waals surface area contributed by atoms with Crippen LogP contribution in [0.3, 0.4) is 0 Å². The maximum Gasteiger partial charge on any atom is 0.238 e. The van der Waals surface area contributed by atoms with Crippen LogP contribution in [0, 0.1) is 0 Å². The van der Waals surface area contributed by atoms with Crippen molar-refractivity contribution in [1.82, 2.24) is 0 Å². The second-order valence-electron chi connectivity index (χ2n) is 3.22. The van der Waals surface area contributed by atoms with E-state index in [4.69, 9.17) is 0 Å². The molecule has 2 aromatic rings. The van der Waals surface area contributed by atoms with Gasteiger partial charge in [0.1, 0.15) is 4.70 Å². The first-order valence-electron chi connectivity index (χ1n) is 4.35. The van der Waals surface area contributed by atoms with E-state index in [9.17, 15) is 0 Å². The van der Waals surface area contributed by atoms with Gasteiger partial charge in [-0.1, -0.05) is 23.5 Å². The van der Waals surface area contributed by atoms with Crippen molar-refractivity contribution in [3.63, 3.8) is 0 Å². The van der Waals surface area contributed by atoms with E-state index in [2.05, 4.69) is 28.8 Å². The Morgan fingerprint density at radius 2 is 2.08 bits per heavy atom. The van der Waals surface area contributed by atoms with Gasteiger partial charge in [-0.2, -0.15) is 4.57 Å². The maximum absolute atomic E-state index is 2.46. The third-order valence-electron chi connectivity index (χ3n) is 2.46. The third-order valence-corrected chi connectivity index (χ3v) is 3.68. The largest absolute Gasteiger partial charge is 1.00 e. The lowest BCUT2D eigenvalue weighted by atomic mass is 10.3. The summed E-state index contributed by atoms with van der Waals surface area (Å²) in [6.45, 7) is 1.22. The Hall–Kier alpha value is -0.410. The molecule has 2 heterocycles. The van der Waals surface area contributed by atoms with Crippen molar-refractivity contribution in [2.24, 2.45) is 0 Å². The number of aromatic nitrogens is 1. The molecular formula is C10H10BrNS. The van der Waals surface area contributed by atoms with Gasteiger partial charge in [0.15, 0.2) is 6.54 Å². The van der Waals surface area contributed by atoms with Crippen molar-refractivity contribution in [3.05, 3.63) is 29.3 Å². The third kappa shape index (κ3) is 1.30. The summed E-state index contributed by atoms with van der Waals surface area (Å²) in [4.78, 5) is 0. The smallest absolute Gasteiger partial charge is 0.238 e. The van der Waals surface area contributed by atoms with Crippen LogP contribution >= 0.6 is 11.3 Å². The second kappa shape index (κ2) is 3.39. The summed E-state index contributed by atoms with van der Waals surface area (Å²) in [7, 11) is 0. The summed E-state index contributed by atoms with van der Waals surface area (Å²) in [6, 6.07) is 8.68. The molecule has 68 valence electrons. The Bertz CT molecular complexity index is 435. The highest BCUT2D eigenvalue weighted by Crippen LogP contribution is 2.23. The van der Waals surface area contributed by atoms with Crippen molar-refractivity contribution >= 4 is 21.6 Å². The molecule has 1 aliphatic rings. The van der Waals surface area contributed by atoms with Crippen LogP contribution < -0.4 is 21.5 Å². The first-order chi connectivity index (χ1) is 5.95. The van der Waals surface area contributed by atoms with E-state index in [1.807, 2.05) is 11.3 Å². The maximum atomic E-state index is 2.46. The van der Waals surface area contributed by atoms with E-state index in [1.54, 1.807) is 5.01 Å². The topological polar surface area (TPSA) is 3.88 Å². The Labute approximate surface area is 91.8 Å². The van der Waals surface area contributed by atoms with E-state index in [0.717, 1.165) is 0 Å². The van der Waals surface area contributed by atoms with Crippen LogP contribution in [-0.2, 0) is 13.0 Å². The number of nitrogens with zero attached hydrogens (tertiary/aromatic N) is 1. The van der Waals surface area contributed by atoms with Gasteiger partial charge in [-0.3, -0.25) is 0 Å². The molecule has 13 heavy (non-hydrogen) atoms. The fourth-order valence-electron chi connectivity index (χ4n) is 1.90. The molecule has 0 aliphatic carbocycles. The molecule has 0 bridgehead atoms. The number of rotatable bonds is 0. The number of fused-ring (bicyclic) bond motifs is 3. The Morgan fingerprint density at radius 1 is 1.23 bits per heavy atom. The van der Waals surface area contributed by atoms with Gasteiger partial charge in [0, 0.05) is 18.9 Å². The molecule has 1 aromatic carbocycles. The van der Waals surface area contributed by atoms with Crippen LogP contribution in [0.2, 0.25) is 0 Å². The molecule has 0 N–H and O–H groups in total. The van der Waals surface area contributed by atoms with E-state index in [-0.39, 0.29) is 17.0 Å². The van der Waals surface area contributed by atoms with E-state index in [1.165, 1.54) is 29.6 Å². The average Bonchev–Trinajstić information content (AvgIpc) is 2.62. The zero-order valence-electron chi connectivity index (χ0n) is 7.16. The Morgan fingerprint density at radius 3 is 3.00 bits per heavy atom. The minimum absolute atomic E-state index is 0. The van der Waals surface area contributed by atoms with Crippen LogP contribution in [0.25, 0.3) is 10.2 Å². The number of halogens is 1. The summed E-state index contributed by atoms with van der Waals surface area (Å²) in [5.74, 6) is 0. The highest BCUT2D eigenvalue weighted by atomic mass is 79.9. The SMILES string of the molecule is [Br-].c1ccc2c(c1)sc1[n+]2CCC1. The lowest BCUT2D eigenvalue weighted by Crippen LogP contribution is -3.00. The molecular weight excluding hydrogens is 246 g/mol. The van der Waals surface area contributed by atoms with Crippen LogP contribution in [-0.4, -0.2) is 0 Å². The van der Waals surface area contributed by atoms with E-state index >= 15 is 0 Å². The predicted octanol–water partition coefficient (Wildman–Crippen LogP) is -0.861. The second-order valence-corrected chi connectivity index (χ2v) is 4.33. The molecule has 0 saturated carbocycles. The van der Waals surface area contributed by atoms with Gasteiger partial charge in [-0.05, 0) is 6.07 Å². The Balaban J connectivity index is 0.000000653. The van der Waals surface area contributed by atoms with Gasteiger partial charge in [0.2, 0.25) is 10.5 Å². The van der Waals surface area contributed by atoms with Crippen LogP contribution in [0.4, 0.5) is 0 Å². The number of hydrogen-bond acceptors (Lipinski definition) is 1. The number of thiazole rings is 1. The molecule has 0 radical (unpaired) electrons. The monoisotopic (exact) mass is 255 g/mol. The van der Waals surface area contributed by atoms with Gasteiger partial charge in [0.25, 0.3) is 0 Å². The summed E-state index contributed by atoms with van der Waals surface area (Å²) in [6.07, 6.45) is 2.61. The zero-order valence-corrected chi connectivity index (χ0v) is 9.57. The van der Waals surface area contributed by atoms with Gasteiger partial charge >= 0.3 is 0 Å². The molecule has 3 rings (SSSR count). The van der Waals surface area contributed by atoms with Gasteiger partial charge in [-0.25, -0.2) is 0 Å². The minimum atomic E-state index is 0. The average molecular weight is 256 g/mol. The lowest BCUT2D eigenvalue weighted by Gasteiger charge is -1.85. The van der Waals surface area contributed by atoms with Crippen LogP contribution in [0.15, 0.2) is 24.3 Å². The molecule has 3 heteroatoms. The fraction of sp³-hybridized carbons (Fsp3) is 0.300. The lowest BCUT2D eigenvalue weighted by molar-refractivity contribution is -0.660. The summed E-state index contributed by atoms with van der Waals surface area (Å²) < 4.78 is 3.90. The number of aryl methyl sites for hydroxylation is 2. The van der Waals surface area contributed by atoms with E-state index < -0.39 is 0 Å². The van der Waals surface area contributed by atoms with Crippen molar-refractivity contribution in [3.8, 4) is 0 Å². The molecule has 0 spiro atoms. The van der Waals surface area contributed by atoms with Crippen LogP contribution in [0.5, 0.6) is 0 Å². The number of para-hydroxylation sites is 1. The first kappa shape index (κ1) is 9.16. The zero-order chi connectivity index (χ0) is 7.97. The van der Waals surface area contributed by atoms with Crippen molar-refractivity contribution in [2.45, 2.75) is 19.4 Å². The van der Waals surface area contributed by atoms with Gasteiger partial charge in [0.05, 0.1) is 0 Å². The fourth-order valence-corrected chi connectivity index (χ4v) is 3.13. The standard InChI is InChI=1S/C10H10NS.BrH/c1-2-5-9-8(4-1)11-7-3-6-10(11)12-9;/h1-2,4-5H,3,6-7H2;1H/q+1;/p-1. The molecule has 0 atom stereocenters. The minimum Gasteiger partial charge on any atom is -1.00 e. The highest BCUT2D eigenvalue weighted by Gasteiger charge is 2.24. The molecule has 1 aliphatic heterocycles. The first-order valence-corrected chi connectivity index (χ1v) is 5.17. The van der Waals surface area contributed by atoms with Crippen molar-refractivity contribution in [1.29, 1.82) is 0 Å². The molecule has 1 nitrogen and oxygen atoms in total. The van der Waals surface area contributed by atoms with Gasteiger partial charge < -0.3 is 17.0 Å². The quantitative estimate of drug-likeness (QED) is 0.540. The predicted molar refractivity (Wildman–Crippen MR) is 50.3 cm³/mol.